The molecule has 0 aliphatic heterocycles. The van der Waals surface area contributed by atoms with Crippen LogP contribution in [0.3, 0.4) is 0 Å². The third kappa shape index (κ3) is 4.55. The Kier molecular flexibility index (Phi) is 6.35. The fraction of sp³-hybridized carbons (Fsp3) is 0.444. The van der Waals surface area contributed by atoms with Gasteiger partial charge in [0, 0.05) is 5.92 Å². The van der Waals surface area contributed by atoms with Crippen LogP contribution in [-0.2, 0) is 14.3 Å². The van der Waals surface area contributed by atoms with Gasteiger partial charge in [0.15, 0.2) is 5.78 Å². The number of carbonyl (C=O) groups is 2. The number of benzene rings is 1. The fourth-order valence-electron chi connectivity index (χ4n) is 2.39. The van der Waals surface area contributed by atoms with Crippen molar-refractivity contribution in [3.63, 3.8) is 0 Å². The first-order valence-corrected chi connectivity index (χ1v) is 7.37. The van der Waals surface area contributed by atoms with E-state index in [4.69, 9.17) is 4.74 Å². The van der Waals surface area contributed by atoms with Gasteiger partial charge in [0.2, 0.25) is 0 Å². The van der Waals surface area contributed by atoms with E-state index in [-0.39, 0.29) is 17.7 Å². The van der Waals surface area contributed by atoms with E-state index in [0.29, 0.717) is 13.0 Å². The maximum Gasteiger partial charge on any atom is 0.312 e. The minimum atomic E-state index is -0.817. The molecule has 1 rings (SSSR count). The summed E-state index contributed by atoms with van der Waals surface area (Å²) >= 11 is 0. The first-order chi connectivity index (χ1) is 9.93. The van der Waals surface area contributed by atoms with Crippen molar-refractivity contribution in [1.82, 2.24) is 0 Å². The summed E-state index contributed by atoms with van der Waals surface area (Å²) in [6.45, 7) is 7.56. The maximum absolute atomic E-state index is 12.4. The molecule has 0 heterocycles. The van der Waals surface area contributed by atoms with Crippen LogP contribution >= 0.6 is 0 Å². The van der Waals surface area contributed by atoms with Crippen LogP contribution in [0.25, 0.3) is 6.08 Å². The Bertz CT molecular complexity index is 500. The molecule has 0 N–H and O–H groups in total. The van der Waals surface area contributed by atoms with Crippen LogP contribution < -0.4 is 0 Å². The molecule has 0 spiro atoms. The number of hydrogen-bond acceptors (Lipinski definition) is 3. The summed E-state index contributed by atoms with van der Waals surface area (Å²) in [5.41, 5.74) is 0.151. The highest BCUT2D eigenvalue weighted by molar-refractivity contribution is 5.98. The molecule has 1 aromatic carbocycles. The zero-order valence-electron chi connectivity index (χ0n) is 13.3. The zero-order valence-corrected chi connectivity index (χ0v) is 13.3. The van der Waals surface area contributed by atoms with Crippen LogP contribution in [0.15, 0.2) is 36.4 Å². The maximum atomic E-state index is 12.4. The highest BCUT2D eigenvalue weighted by Crippen LogP contribution is 2.32. The van der Waals surface area contributed by atoms with Crippen molar-refractivity contribution in [3.05, 3.63) is 42.0 Å². The second-order valence-corrected chi connectivity index (χ2v) is 5.55. The number of hydrogen-bond donors (Lipinski definition) is 0. The van der Waals surface area contributed by atoms with E-state index >= 15 is 0 Å². The predicted octanol–water partition coefficient (Wildman–Crippen LogP) is 3.88. The van der Waals surface area contributed by atoms with Crippen LogP contribution in [0, 0.1) is 11.3 Å². The second kappa shape index (κ2) is 7.77. The second-order valence-electron chi connectivity index (χ2n) is 5.55. The summed E-state index contributed by atoms with van der Waals surface area (Å²) in [5.74, 6) is -0.741. The molecule has 0 aliphatic rings. The quantitative estimate of drug-likeness (QED) is 0.565. The number of ether oxygens (including phenoxy) is 1. The number of ketones is 1. The Morgan fingerprint density at radius 3 is 2.33 bits per heavy atom. The van der Waals surface area contributed by atoms with Gasteiger partial charge >= 0.3 is 5.97 Å². The minimum absolute atomic E-state index is 0.0422. The molecule has 1 atom stereocenters. The van der Waals surface area contributed by atoms with Crippen molar-refractivity contribution in [3.8, 4) is 0 Å². The average molecular weight is 288 g/mol. The van der Waals surface area contributed by atoms with E-state index in [9.17, 15) is 9.59 Å². The van der Waals surface area contributed by atoms with Gasteiger partial charge in [0.25, 0.3) is 0 Å². The highest BCUT2D eigenvalue weighted by Gasteiger charge is 2.40. The van der Waals surface area contributed by atoms with Gasteiger partial charge in [-0.15, -0.1) is 0 Å². The number of esters is 1. The van der Waals surface area contributed by atoms with Crippen molar-refractivity contribution in [2.45, 2.75) is 34.1 Å². The van der Waals surface area contributed by atoms with Crippen LogP contribution in [-0.4, -0.2) is 18.4 Å². The van der Waals surface area contributed by atoms with Crippen LogP contribution in [0.4, 0.5) is 0 Å². The van der Waals surface area contributed by atoms with E-state index in [1.165, 1.54) is 0 Å². The third-order valence-electron chi connectivity index (χ3n) is 3.66. The van der Waals surface area contributed by atoms with E-state index in [2.05, 4.69) is 0 Å². The molecule has 3 nitrogen and oxygen atoms in total. The van der Waals surface area contributed by atoms with Crippen LogP contribution in [0.5, 0.6) is 0 Å². The van der Waals surface area contributed by atoms with Crippen molar-refractivity contribution >= 4 is 17.8 Å². The minimum Gasteiger partial charge on any atom is -0.466 e. The Hall–Kier alpha value is -1.90. The molecule has 21 heavy (non-hydrogen) atoms. The summed E-state index contributed by atoms with van der Waals surface area (Å²) in [6, 6.07) is 9.63. The average Bonchev–Trinajstić information content (AvgIpc) is 2.47. The van der Waals surface area contributed by atoms with Crippen molar-refractivity contribution in [1.29, 1.82) is 0 Å². The van der Waals surface area contributed by atoms with Gasteiger partial charge in [0.1, 0.15) is 0 Å². The summed E-state index contributed by atoms with van der Waals surface area (Å²) in [4.78, 5) is 24.5. The lowest BCUT2D eigenvalue weighted by atomic mass is 9.74. The van der Waals surface area contributed by atoms with Gasteiger partial charge in [0.05, 0.1) is 12.0 Å². The first kappa shape index (κ1) is 17.2. The fourth-order valence-corrected chi connectivity index (χ4v) is 2.39. The molecular formula is C18H24O3. The van der Waals surface area contributed by atoms with Gasteiger partial charge in [-0.05, 0) is 38.8 Å². The summed E-state index contributed by atoms with van der Waals surface area (Å²) < 4.78 is 5.09. The largest absolute Gasteiger partial charge is 0.466 e. The number of allylic oxidation sites excluding steroid dienone is 1. The standard InChI is InChI=1S/C18H24O3/c1-5-15(18(3,4)17(20)21-6-2)16(19)13-12-14-10-8-7-9-11-14/h7-13,15H,5-6H2,1-4H3. The van der Waals surface area contributed by atoms with Crippen molar-refractivity contribution < 1.29 is 14.3 Å². The molecular weight excluding hydrogens is 264 g/mol. The van der Waals surface area contributed by atoms with Crippen LogP contribution in [0.2, 0.25) is 0 Å². The summed E-state index contributed by atoms with van der Waals surface area (Å²) in [5, 5.41) is 0. The topological polar surface area (TPSA) is 43.4 Å². The Labute approximate surface area is 127 Å². The van der Waals surface area contributed by atoms with E-state index in [0.717, 1.165) is 5.56 Å². The third-order valence-corrected chi connectivity index (χ3v) is 3.66. The molecule has 1 unspecified atom stereocenters. The van der Waals surface area contributed by atoms with E-state index in [1.54, 1.807) is 32.9 Å². The molecule has 0 aliphatic carbocycles. The SMILES string of the molecule is CCOC(=O)C(C)(C)C(CC)C(=O)C=Cc1ccccc1. The van der Waals surface area contributed by atoms with E-state index in [1.807, 2.05) is 37.3 Å². The Balaban J connectivity index is 2.86. The zero-order chi connectivity index (χ0) is 15.9. The lowest BCUT2D eigenvalue weighted by molar-refractivity contribution is -0.158. The number of rotatable bonds is 7. The van der Waals surface area contributed by atoms with Crippen molar-refractivity contribution in [2.75, 3.05) is 6.61 Å². The predicted molar refractivity (Wildman–Crippen MR) is 84.7 cm³/mol. The monoisotopic (exact) mass is 288 g/mol. The molecule has 0 saturated heterocycles. The molecule has 114 valence electrons. The molecule has 0 amide bonds. The molecule has 0 radical (unpaired) electrons. The lowest BCUT2D eigenvalue weighted by Crippen LogP contribution is -2.38. The first-order valence-electron chi connectivity index (χ1n) is 7.37. The van der Waals surface area contributed by atoms with Gasteiger partial charge < -0.3 is 4.74 Å². The molecule has 0 saturated carbocycles. The number of carbonyl (C=O) groups excluding carboxylic acids is 2. The van der Waals surface area contributed by atoms with Gasteiger partial charge in [-0.1, -0.05) is 43.3 Å². The van der Waals surface area contributed by atoms with E-state index < -0.39 is 5.41 Å². The van der Waals surface area contributed by atoms with Gasteiger partial charge in [-0.25, -0.2) is 0 Å². The highest BCUT2D eigenvalue weighted by atomic mass is 16.5. The van der Waals surface area contributed by atoms with Crippen molar-refractivity contribution in [2.24, 2.45) is 11.3 Å². The smallest absolute Gasteiger partial charge is 0.312 e. The van der Waals surface area contributed by atoms with Gasteiger partial charge in [-0.2, -0.15) is 0 Å². The molecule has 0 fully saturated rings. The molecule has 3 heteroatoms. The molecule has 1 aromatic rings. The molecule has 0 bridgehead atoms. The van der Waals surface area contributed by atoms with Crippen LogP contribution in [0.1, 0.15) is 39.7 Å². The van der Waals surface area contributed by atoms with Gasteiger partial charge in [-0.3, -0.25) is 9.59 Å². The summed E-state index contributed by atoms with van der Waals surface area (Å²) in [7, 11) is 0. The Morgan fingerprint density at radius 1 is 1.19 bits per heavy atom. The molecule has 0 aromatic heterocycles. The lowest BCUT2D eigenvalue weighted by Gasteiger charge is -2.29. The normalized spacial score (nSPS) is 13.1. The summed E-state index contributed by atoms with van der Waals surface area (Å²) in [6.07, 6.45) is 3.94. The Morgan fingerprint density at radius 2 is 1.81 bits per heavy atom.